The molecule has 7 nitrogen and oxygen atoms in total. The van der Waals surface area contributed by atoms with Crippen molar-refractivity contribution in [2.45, 2.75) is 37.3 Å². The van der Waals surface area contributed by atoms with Crippen molar-refractivity contribution in [3.05, 3.63) is 82.3 Å². The number of amidine groups is 1. The van der Waals surface area contributed by atoms with Crippen molar-refractivity contribution < 1.29 is 28.2 Å². The highest BCUT2D eigenvalue weighted by Gasteiger charge is 2.44. The van der Waals surface area contributed by atoms with Crippen molar-refractivity contribution in [1.82, 2.24) is 5.32 Å². The minimum atomic E-state index is -3.17. The molecule has 0 spiro atoms. The molecular weight excluding hydrogens is 509 g/mol. The van der Waals surface area contributed by atoms with Gasteiger partial charge in [0.15, 0.2) is 0 Å². The van der Waals surface area contributed by atoms with Crippen LogP contribution in [0.25, 0.3) is 0 Å². The number of nitrogens with one attached hydrogen (secondary N) is 1. The fourth-order valence-corrected chi connectivity index (χ4v) is 4.25. The number of allylic oxidation sites excluding steroid dienone is 1. The number of nitrogens with two attached hydrogens (primary N) is 1. The third kappa shape index (κ3) is 6.76. The predicted molar refractivity (Wildman–Crippen MR) is 137 cm³/mol. The Labute approximate surface area is 217 Å². The number of benzene rings is 2. The van der Waals surface area contributed by atoms with E-state index < -0.39 is 48.7 Å². The van der Waals surface area contributed by atoms with Gasteiger partial charge in [-0.3, -0.25) is 9.79 Å². The second-order valence-electron chi connectivity index (χ2n) is 8.77. The SMILES string of the molecule is C=C(N=C(C(N)=NC)c1ccc(C(=O)N[C@H](CO)c2cccc(Cl)c2)c(F)c1)[C@@H]1CCC(F)(F)[C@@H](O)C1. The summed E-state index contributed by atoms with van der Waals surface area (Å²) < 4.78 is 42.4. The largest absolute Gasteiger partial charge is 0.394 e. The summed E-state index contributed by atoms with van der Waals surface area (Å²) in [7, 11) is 1.40. The molecule has 1 fully saturated rings. The summed E-state index contributed by atoms with van der Waals surface area (Å²) in [6, 6.07) is 9.44. The van der Waals surface area contributed by atoms with Crippen LogP contribution in [0.5, 0.6) is 0 Å². The van der Waals surface area contributed by atoms with Crippen LogP contribution in [-0.2, 0) is 0 Å². The average molecular weight is 537 g/mol. The predicted octanol–water partition coefficient (Wildman–Crippen LogP) is 4.03. The molecule has 1 saturated carbocycles. The summed E-state index contributed by atoms with van der Waals surface area (Å²) in [4.78, 5) is 21.0. The fraction of sp³-hybridized carbons (Fsp3) is 0.346. The van der Waals surface area contributed by atoms with Gasteiger partial charge in [0.2, 0.25) is 0 Å². The number of carbonyl (C=O) groups is 1. The number of alkyl halides is 2. The Kier molecular flexibility index (Phi) is 9.12. The van der Waals surface area contributed by atoms with Crippen LogP contribution in [0.4, 0.5) is 13.2 Å². The average Bonchev–Trinajstić information content (AvgIpc) is 2.86. The summed E-state index contributed by atoms with van der Waals surface area (Å²) in [5.41, 5.74) is 6.68. The molecule has 0 heterocycles. The Morgan fingerprint density at radius 3 is 2.65 bits per heavy atom. The van der Waals surface area contributed by atoms with Crippen LogP contribution in [0.1, 0.15) is 46.8 Å². The molecular formula is C26H28ClF3N4O3. The number of aliphatic hydroxyl groups excluding tert-OH is 2. The second-order valence-corrected chi connectivity index (χ2v) is 9.20. The standard InChI is InChI=1S/C26H28ClF3N4O3/c1-14(15-8-9-26(29,30)22(36)12-15)33-23(24(31)32-2)17-6-7-19(20(28)11-17)25(37)34-21(13-35)16-4-3-5-18(27)10-16/h3-7,10-11,15,21-22,35-36H,1,8-9,12-13H2,2H3,(H2,31,32)(H,34,37)/t15-,21-,22+/m1/s1. The summed E-state index contributed by atoms with van der Waals surface area (Å²) in [5, 5.41) is 22.5. The molecule has 11 heteroatoms. The first-order valence-corrected chi connectivity index (χ1v) is 11.9. The maximum atomic E-state index is 15.1. The monoisotopic (exact) mass is 536 g/mol. The number of rotatable bonds is 8. The molecule has 2 aromatic carbocycles. The normalized spacial score (nSPS) is 20.8. The Morgan fingerprint density at radius 2 is 2.05 bits per heavy atom. The van der Waals surface area contributed by atoms with Crippen molar-refractivity contribution in [2.24, 2.45) is 21.6 Å². The molecule has 0 unspecified atom stereocenters. The lowest BCUT2D eigenvalue weighted by molar-refractivity contribution is -0.138. The zero-order valence-corrected chi connectivity index (χ0v) is 20.9. The molecule has 0 aliphatic heterocycles. The first-order valence-electron chi connectivity index (χ1n) is 11.5. The minimum absolute atomic E-state index is 0.0531. The molecule has 37 heavy (non-hydrogen) atoms. The first kappa shape index (κ1) is 28.4. The molecule has 1 aliphatic rings. The van der Waals surface area contributed by atoms with Crippen molar-refractivity contribution in [2.75, 3.05) is 13.7 Å². The molecule has 0 bridgehead atoms. The number of amides is 1. The van der Waals surface area contributed by atoms with Crippen LogP contribution < -0.4 is 11.1 Å². The number of aliphatic imine (C=N–C) groups is 2. The molecule has 3 atom stereocenters. The van der Waals surface area contributed by atoms with E-state index >= 15 is 4.39 Å². The van der Waals surface area contributed by atoms with Crippen molar-refractivity contribution in [1.29, 1.82) is 0 Å². The first-order chi connectivity index (χ1) is 17.5. The van der Waals surface area contributed by atoms with E-state index in [1.807, 2.05) is 0 Å². The van der Waals surface area contributed by atoms with Gasteiger partial charge in [-0.15, -0.1) is 0 Å². The molecule has 5 N–H and O–H groups in total. The third-order valence-corrected chi connectivity index (χ3v) is 6.49. The van der Waals surface area contributed by atoms with Gasteiger partial charge in [-0.2, -0.15) is 0 Å². The smallest absolute Gasteiger partial charge is 0.273 e. The quantitative estimate of drug-likeness (QED) is 0.301. The highest BCUT2D eigenvalue weighted by molar-refractivity contribution is 6.47. The van der Waals surface area contributed by atoms with Gasteiger partial charge in [-0.25, -0.2) is 18.2 Å². The third-order valence-electron chi connectivity index (χ3n) is 6.26. The molecule has 0 radical (unpaired) electrons. The van der Waals surface area contributed by atoms with Gasteiger partial charge in [0.05, 0.1) is 18.2 Å². The van der Waals surface area contributed by atoms with Gasteiger partial charge in [-0.05, 0) is 42.7 Å². The Hall–Kier alpha value is -3.21. The summed E-state index contributed by atoms with van der Waals surface area (Å²) in [6.07, 6.45) is -2.49. The summed E-state index contributed by atoms with van der Waals surface area (Å²) in [5.74, 6) is -5.39. The van der Waals surface area contributed by atoms with Gasteiger partial charge in [-0.1, -0.05) is 36.4 Å². The van der Waals surface area contributed by atoms with E-state index in [1.165, 1.54) is 19.2 Å². The molecule has 0 saturated heterocycles. The lowest BCUT2D eigenvalue weighted by Crippen LogP contribution is -2.40. The molecule has 0 aromatic heterocycles. The lowest BCUT2D eigenvalue weighted by atomic mass is 9.83. The number of carbonyl (C=O) groups excluding carboxylic acids is 1. The van der Waals surface area contributed by atoms with Crippen LogP contribution in [0.15, 0.2) is 64.7 Å². The summed E-state index contributed by atoms with van der Waals surface area (Å²) >= 11 is 5.98. The maximum absolute atomic E-state index is 15.1. The zero-order chi connectivity index (χ0) is 27.3. The van der Waals surface area contributed by atoms with Crippen LogP contribution in [0.3, 0.4) is 0 Å². The van der Waals surface area contributed by atoms with E-state index in [0.29, 0.717) is 10.6 Å². The van der Waals surface area contributed by atoms with Gasteiger partial charge in [0.25, 0.3) is 11.8 Å². The van der Waals surface area contributed by atoms with Crippen molar-refractivity contribution in [3.63, 3.8) is 0 Å². The lowest BCUT2D eigenvalue weighted by Gasteiger charge is -2.32. The van der Waals surface area contributed by atoms with Gasteiger partial charge >= 0.3 is 0 Å². The number of nitrogens with zero attached hydrogens (tertiary/aromatic N) is 2. The highest BCUT2D eigenvalue weighted by Crippen LogP contribution is 2.39. The van der Waals surface area contributed by atoms with Crippen LogP contribution >= 0.6 is 11.6 Å². The van der Waals surface area contributed by atoms with Crippen molar-refractivity contribution >= 4 is 29.1 Å². The Morgan fingerprint density at radius 1 is 1.32 bits per heavy atom. The van der Waals surface area contributed by atoms with E-state index in [-0.39, 0.29) is 41.2 Å². The van der Waals surface area contributed by atoms with E-state index in [0.717, 1.165) is 6.07 Å². The molecule has 2 aromatic rings. The minimum Gasteiger partial charge on any atom is -0.394 e. The Balaban J connectivity index is 1.84. The van der Waals surface area contributed by atoms with Crippen LogP contribution in [0.2, 0.25) is 5.02 Å². The van der Waals surface area contributed by atoms with Crippen LogP contribution in [-0.4, -0.2) is 53.3 Å². The number of halogens is 4. The number of aliphatic hydroxyl groups is 2. The van der Waals surface area contributed by atoms with Gasteiger partial charge in [0.1, 0.15) is 23.5 Å². The number of hydrogen-bond acceptors (Lipinski definition) is 5. The number of hydrogen-bond donors (Lipinski definition) is 4. The molecule has 1 amide bonds. The zero-order valence-electron chi connectivity index (χ0n) is 20.1. The Bertz CT molecular complexity index is 1240. The summed E-state index contributed by atoms with van der Waals surface area (Å²) in [6.45, 7) is 3.41. The highest BCUT2D eigenvalue weighted by atomic mass is 35.5. The van der Waals surface area contributed by atoms with E-state index in [9.17, 15) is 23.8 Å². The molecule has 3 rings (SSSR count). The van der Waals surface area contributed by atoms with Crippen LogP contribution in [0, 0.1) is 11.7 Å². The topological polar surface area (TPSA) is 120 Å². The van der Waals surface area contributed by atoms with E-state index in [1.54, 1.807) is 24.3 Å². The second kappa shape index (κ2) is 11.9. The maximum Gasteiger partial charge on any atom is 0.273 e. The van der Waals surface area contributed by atoms with Crippen molar-refractivity contribution in [3.8, 4) is 0 Å². The van der Waals surface area contributed by atoms with Gasteiger partial charge in [0, 0.05) is 35.7 Å². The molecule has 1 aliphatic carbocycles. The fourth-order valence-electron chi connectivity index (χ4n) is 4.05. The van der Waals surface area contributed by atoms with Gasteiger partial charge < -0.3 is 21.3 Å². The van der Waals surface area contributed by atoms with E-state index in [2.05, 4.69) is 21.9 Å². The molecule has 198 valence electrons. The van der Waals surface area contributed by atoms with E-state index in [4.69, 9.17) is 17.3 Å².